The van der Waals surface area contributed by atoms with E-state index in [1.54, 1.807) is 12.3 Å². The normalized spacial score (nSPS) is 20.3. The van der Waals surface area contributed by atoms with Gasteiger partial charge < -0.3 is 9.73 Å². The van der Waals surface area contributed by atoms with Crippen molar-refractivity contribution in [1.29, 1.82) is 0 Å². The fraction of sp³-hybridized carbons (Fsp3) is 0.300. The van der Waals surface area contributed by atoms with Crippen molar-refractivity contribution in [3.63, 3.8) is 0 Å². The van der Waals surface area contributed by atoms with Gasteiger partial charge in [0.1, 0.15) is 5.76 Å². The summed E-state index contributed by atoms with van der Waals surface area (Å²) in [6.07, 6.45) is 5.26. The number of carbonyl (C=O) groups is 1. The first kappa shape index (κ1) is 8.10. The van der Waals surface area contributed by atoms with Crippen molar-refractivity contribution in [3.8, 4) is 0 Å². The second-order valence-corrected chi connectivity index (χ2v) is 3.04. The Morgan fingerprint density at radius 1 is 1.54 bits per heavy atom. The van der Waals surface area contributed by atoms with Gasteiger partial charge in [0, 0.05) is 12.1 Å². The molecule has 3 heteroatoms. The fourth-order valence-electron chi connectivity index (χ4n) is 1.39. The molecule has 1 amide bonds. The first-order valence-electron chi connectivity index (χ1n) is 4.38. The number of piperidine rings is 1. The molecule has 3 nitrogen and oxygen atoms in total. The van der Waals surface area contributed by atoms with Gasteiger partial charge in [0.15, 0.2) is 0 Å². The van der Waals surface area contributed by atoms with E-state index in [1.165, 1.54) is 0 Å². The molecule has 68 valence electrons. The van der Waals surface area contributed by atoms with Crippen LogP contribution in [0.15, 0.2) is 28.4 Å². The Balaban J connectivity index is 2.19. The minimum absolute atomic E-state index is 0.0302. The van der Waals surface area contributed by atoms with Crippen LogP contribution in [0.25, 0.3) is 6.08 Å². The molecule has 1 aromatic heterocycles. The fourth-order valence-corrected chi connectivity index (χ4v) is 1.39. The number of hydrogen-bond donors (Lipinski definition) is 1. The molecule has 0 saturated carbocycles. The van der Waals surface area contributed by atoms with Crippen molar-refractivity contribution in [3.05, 3.63) is 29.7 Å². The highest BCUT2D eigenvalue weighted by Crippen LogP contribution is 2.14. The number of rotatable bonds is 1. The molecular formula is C10H11NO2. The first-order valence-corrected chi connectivity index (χ1v) is 4.38. The zero-order valence-corrected chi connectivity index (χ0v) is 7.25. The molecule has 0 bridgehead atoms. The molecule has 1 aliphatic heterocycles. The van der Waals surface area contributed by atoms with Crippen LogP contribution in [0.4, 0.5) is 0 Å². The average Bonchev–Trinajstić information content (AvgIpc) is 2.61. The van der Waals surface area contributed by atoms with Gasteiger partial charge in [-0.3, -0.25) is 4.79 Å². The molecule has 1 aliphatic rings. The largest absolute Gasteiger partial charge is 0.465 e. The van der Waals surface area contributed by atoms with E-state index in [2.05, 4.69) is 5.32 Å². The van der Waals surface area contributed by atoms with Gasteiger partial charge in [0.25, 0.3) is 0 Å². The Kier molecular flexibility index (Phi) is 2.17. The van der Waals surface area contributed by atoms with Gasteiger partial charge in [-0.15, -0.1) is 0 Å². The summed E-state index contributed by atoms with van der Waals surface area (Å²) in [5.41, 5.74) is 0.807. The van der Waals surface area contributed by atoms with Crippen molar-refractivity contribution in [2.75, 3.05) is 6.54 Å². The minimum atomic E-state index is 0.0302. The highest BCUT2D eigenvalue weighted by Gasteiger charge is 2.13. The summed E-state index contributed by atoms with van der Waals surface area (Å²) >= 11 is 0. The molecule has 13 heavy (non-hydrogen) atoms. The van der Waals surface area contributed by atoms with E-state index in [0.717, 1.165) is 30.7 Å². The van der Waals surface area contributed by atoms with Crippen LogP contribution in [0.5, 0.6) is 0 Å². The van der Waals surface area contributed by atoms with Crippen LogP contribution in [0, 0.1) is 0 Å². The van der Waals surface area contributed by atoms with Gasteiger partial charge in [-0.05, 0) is 31.1 Å². The number of nitrogens with one attached hydrogen (secondary N) is 1. The second kappa shape index (κ2) is 3.47. The van der Waals surface area contributed by atoms with Crippen molar-refractivity contribution in [2.45, 2.75) is 12.8 Å². The zero-order chi connectivity index (χ0) is 9.10. The van der Waals surface area contributed by atoms with Crippen LogP contribution in [-0.4, -0.2) is 12.5 Å². The van der Waals surface area contributed by atoms with Crippen LogP contribution in [0.1, 0.15) is 18.6 Å². The van der Waals surface area contributed by atoms with Crippen molar-refractivity contribution in [2.24, 2.45) is 0 Å². The maximum atomic E-state index is 11.3. The maximum absolute atomic E-state index is 11.3. The van der Waals surface area contributed by atoms with Crippen LogP contribution < -0.4 is 5.32 Å². The van der Waals surface area contributed by atoms with E-state index in [9.17, 15) is 4.79 Å². The van der Waals surface area contributed by atoms with Crippen LogP contribution in [-0.2, 0) is 4.79 Å². The Bertz CT molecular complexity index is 325. The SMILES string of the molecule is O=C1NCCC/C1=C/c1ccco1. The average molecular weight is 177 g/mol. The molecule has 0 aromatic carbocycles. The number of carbonyl (C=O) groups excluding carboxylic acids is 1. The van der Waals surface area contributed by atoms with E-state index in [-0.39, 0.29) is 5.91 Å². The summed E-state index contributed by atoms with van der Waals surface area (Å²) in [4.78, 5) is 11.3. The topological polar surface area (TPSA) is 42.2 Å². The number of amides is 1. The van der Waals surface area contributed by atoms with E-state index in [0.29, 0.717) is 0 Å². The summed E-state index contributed by atoms with van der Waals surface area (Å²) in [5, 5.41) is 2.80. The molecule has 2 rings (SSSR count). The molecule has 1 N–H and O–H groups in total. The molecule has 2 heterocycles. The van der Waals surface area contributed by atoms with Gasteiger partial charge in [0.2, 0.25) is 5.91 Å². The molecule has 0 unspecified atom stereocenters. The molecule has 1 aromatic rings. The quantitative estimate of drug-likeness (QED) is 0.661. The molecule has 0 spiro atoms. The predicted molar refractivity (Wildman–Crippen MR) is 48.9 cm³/mol. The highest BCUT2D eigenvalue weighted by atomic mass is 16.3. The standard InChI is InChI=1S/C10H11NO2/c12-10-8(3-1-5-11-10)7-9-4-2-6-13-9/h2,4,6-7H,1,3,5H2,(H,11,12)/b8-7-. The molecule has 0 atom stereocenters. The predicted octanol–water partition coefficient (Wildman–Crippen LogP) is 1.57. The van der Waals surface area contributed by atoms with Gasteiger partial charge in [-0.2, -0.15) is 0 Å². The van der Waals surface area contributed by atoms with Gasteiger partial charge in [-0.25, -0.2) is 0 Å². The van der Waals surface area contributed by atoms with Crippen molar-refractivity contribution in [1.82, 2.24) is 5.32 Å². The summed E-state index contributed by atoms with van der Waals surface area (Å²) in [7, 11) is 0. The molecule has 0 radical (unpaired) electrons. The van der Waals surface area contributed by atoms with Crippen molar-refractivity contribution < 1.29 is 9.21 Å². The number of hydrogen-bond acceptors (Lipinski definition) is 2. The maximum Gasteiger partial charge on any atom is 0.247 e. The van der Waals surface area contributed by atoms with E-state index in [1.807, 2.05) is 12.1 Å². The lowest BCUT2D eigenvalue weighted by molar-refractivity contribution is -0.118. The Morgan fingerprint density at radius 3 is 3.15 bits per heavy atom. The third-order valence-electron chi connectivity index (χ3n) is 2.06. The lowest BCUT2D eigenvalue weighted by Crippen LogP contribution is -2.30. The summed E-state index contributed by atoms with van der Waals surface area (Å²) in [5.74, 6) is 0.773. The molecule has 1 saturated heterocycles. The van der Waals surface area contributed by atoms with Crippen LogP contribution >= 0.6 is 0 Å². The van der Waals surface area contributed by atoms with Crippen LogP contribution in [0.2, 0.25) is 0 Å². The van der Waals surface area contributed by atoms with E-state index < -0.39 is 0 Å². The third kappa shape index (κ3) is 1.80. The van der Waals surface area contributed by atoms with Crippen molar-refractivity contribution >= 4 is 12.0 Å². The minimum Gasteiger partial charge on any atom is -0.465 e. The van der Waals surface area contributed by atoms with Gasteiger partial charge in [0.05, 0.1) is 6.26 Å². The molecular weight excluding hydrogens is 166 g/mol. The number of furan rings is 1. The summed E-state index contributed by atoms with van der Waals surface area (Å²) in [6, 6.07) is 3.65. The second-order valence-electron chi connectivity index (χ2n) is 3.04. The highest BCUT2D eigenvalue weighted by molar-refractivity contribution is 5.98. The summed E-state index contributed by atoms with van der Waals surface area (Å²) < 4.78 is 5.13. The monoisotopic (exact) mass is 177 g/mol. The third-order valence-corrected chi connectivity index (χ3v) is 2.06. The Hall–Kier alpha value is -1.51. The Labute approximate surface area is 76.4 Å². The van der Waals surface area contributed by atoms with E-state index in [4.69, 9.17) is 4.42 Å². The van der Waals surface area contributed by atoms with Gasteiger partial charge >= 0.3 is 0 Å². The lowest BCUT2D eigenvalue weighted by Gasteiger charge is -2.13. The molecule has 1 fully saturated rings. The van der Waals surface area contributed by atoms with E-state index >= 15 is 0 Å². The lowest BCUT2D eigenvalue weighted by atomic mass is 10.1. The smallest absolute Gasteiger partial charge is 0.247 e. The summed E-state index contributed by atoms with van der Waals surface area (Å²) in [6.45, 7) is 0.786. The Morgan fingerprint density at radius 2 is 2.46 bits per heavy atom. The first-order chi connectivity index (χ1) is 6.36. The zero-order valence-electron chi connectivity index (χ0n) is 7.25. The van der Waals surface area contributed by atoms with Gasteiger partial charge in [-0.1, -0.05) is 0 Å². The molecule has 0 aliphatic carbocycles. The van der Waals surface area contributed by atoms with Crippen LogP contribution in [0.3, 0.4) is 0 Å².